The van der Waals surface area contributed by atoms with Crippen LogP contribution < -0.4 is 10.6 Å². The van der Waals surface area contributed by atoms with Gasteiger partial charge < -0.3 is 10.6 Å². The second-order valence-corrected chi connectivity index (χ2v) is 5.52. The zero-order valence-corrected chi connectivity index (χ0v) is 13.7. The second-order valence-electron chi connectivity index (χ2n) is 5.08. The molecule has 1 heterocycles. The topological polar surface area (TPSA) is 90.7 Å². The molecule has 25 heavy (non-hydrogen) atoms. The van der Waals surface area contributed by atoms with Gasteiger partial charge >= 0.3 is 0 Å². The summed E-state index contributed by atoms with van der Waals surface area (Å²) in [6.45, 7) is 0. The first-order chi connectivity index (χ1) is 12.1. The number of nitriles is 1. The molecule has 0 bridgehead atoms. The van der Waals surface area contributed by atoms with Crippen LogP contribution >= 0.6 is 11.6 Å². The lowest BCUT2D eigenvalue weighted by Gasteiger charge is -2.07. The van der Waals surface area contributed by atoms with Crippen LogP contribution in [0.2, 0.25) is 5.02 Å². The van der Waals surface area contributed by atoms with Crippen molar-refractivity contribution in [3.8, 4) is 6.07 Å². The molecule has 6 nitrogen and oxygen atoms in total. The van der Waals surface area contributed by atoms with Crippen molar-refractivity contribution in [3.05, 3.63) is 76.9 Å². The summed E-state index contributed by atoms with van der Waals surface area (Å²) in [5, 5.41) is 23.1. The molecule has 0 fully saturated rings. The molecule has 1 aromatic heterocycles. The van der Waals surface area contributed by atoms with Crippen LogP contribution in [0.4, 0.5) is 17.2 Å². The molecule has 1 amide bonds. The number of amides is 1. The minimum Gasteiger partial charge on any atom is -0.339 e. The summed E-state index contributed by atoms with van der Waals surface area (Å²) in [6, 6.07) is 19.0. The van der Waals surface area contributed by atoms with E-state index in [1.165, 1.54) is 0 Å². The second kappa shape index (κ2) is 7.43. The third kappa shape index (κ3) is 4.31. The average molecular weight is 350 g/mol. The van der Waals surface area contributed by atoms with E-state index in [-0.39, 0.29) is 11.6 Å². The molecule has 0 atom stereocenters. The number of rotatable bonds is 4. The molecular weight excluding hydrogens is 338 g/mol. The first kappa shape index (κ1) is 16.4. The van der Waals surface area contributed by atoms with E-state index in [1.807, 2.05) is 6.07 Å². The quantitative estimate of drug-likeness (QED) is 0.743. The molecule has 0 saturated carbocycles. The highest BCUT2D eigenvalue weighted by Crippen LogP contribution is 2.16. The highest BCUT2D eigenvalue weighted by Gasteiger charge is 2.09. The number of carbonyl (C=O) groups excluding carboxylic acids is 1. The monoisotopic (exact) mass is 349 g/mol. The fourth-order valence-electron chi connectivity index (χ4n) is 2.06. The van der Waals surface area contributed by atoms with Gasteiger partial charge in [-0.1, -0.05) is 17.7 Å². The molecule has 2 aromatic carbocycles. The Morgan fingerprint density at radius 1 is 1.00 bits per heavy atom. The van der Waals surface area contributed by atoms with E-state index in [0.717, 1.165) is 0 Å². The Labute approximate surface area is 149 Å². The number of nitrogens with one attached hydrogen (secondary N) is 2. The van der Waals surface area contributed by atoms with Crippen molar-refractivity contribution >= 4 is 34.7 Å². The van der Waals surface area contributed by atoms with Crippen LogP contribution in [0.5, 0.6) is 0 Å². The maximum Gasteiger partial charge on any atom is 0.276 e. The number of hydrogen-bond donors (Lipinski definition) is 2. The van der Waals surface area contributed by atoms with Gasteiger partial charge in [0.15, 0.2) is 11.5 Å². The molecule has 0 unspecified atom stereocenters. The molecular formula is C18H12ClN5O. The van der Waals surface area contributed by atoms with Gasteiger partial charge in [0.1, 0.15) is 0 Å². The van der Waals surface area contributed by atoms with E-state index in [2.05, 4.69) is 26.9 Å². The van der Waals surface area contributed by atoms with Gasteiger partial charge in [-0.25, -0.2) is 0 Å². The Balaban J connectivity index is 1.68. The van der Waals surface area contributed by atoms with E-state index in [9.17, 15) is 4.79 Å². The number of halogens is 1. The fraction of sp³-hybridized carbons (Fsp3) is 0. The normalized spacial score (nSPS) is 9.92. The summed E-state index contributed by atoms with van der Waals surface area (Å²) in [4.78, 5) is 12.1. The predicted octanol–water partition coefficient (Wildman–Crippen LogP) is 4.00. The standard InChI is InChI=1S/C18H12ClN5O/c19-13-4-6-14(7-5-13)22-18(25)16-8-9-17(24-23-16)21-15-3-1-2-12(10-15)11-20/h1-10H,(H,21,24)(H,22,25). The van der Waals surface area contributed by atoms with Gasteiger partial charge in [-0.2, -0.15) is 5.26 Å². The average Bonchev–Trinajstić information content (AvgIpc) is 2.64. The van der Waals surface area contributed by atoms with Crippen molar-refractivity contribution in [2.45, 2.75) is 0 Å². The maximum absolute atomic E-state index is 12.1. The number of benzene rings is 2. The van der Waals surface area contributed by atoms with E-state index < -0.39 is 0 Å². The molecule has 0 saturated heterocycles. The van der Waals surface area contributed by atoms with Crippen LogP contribution in [0.1, 0.15) is 16.1 Å². The highest BCUT2D eigenvalue weighted by molar-refractivity contribution is 6.30. The Morgan fingerprint density at radius 2 is 1.80 bits per heavy atom. The van der Waals surface area contributed by atoms with E-state index in [0.29, 0.717) is 27.8 Å². The molecule has 0 aliphatic rings. The van der Waals surface area contributed by atoms with Crippen LogP contribution in [0.15, 0.2) is 60.7 Å². The number of hydrogen-bond acceptors (Lipinski definition) is 5. The van der Waals surface area contributed by atoms with Gasteiger partial charge in [0, 0.05) is 16.4 Å². The van der Waals surface area contributed by atoms with Crippen molar-refractivity contribution in [3.63, 3.8) is 0 Å². The summed E-state index contributed by atoms with van der Waals surface area (Å²) in [5.74, 6) is 0.103. The van der Waals surface area contributed by atoms with Gasteiger partial charge in [0.25, 0.3) is 5.91 Å². The Bertz CT molecular complexity index is 933. The zero-order chi connectivity index (χ0) is 17.6. The summed E-state index contributed by atoms with van der Waals surface area (Å²) in [5.41, 5.74) is 2.06. The van der Waals surface area contributed by atoms with Gasteiger partial charge in [-0.15, -0.1) is 10.2 Å². The molecule has 122 valence electrons. The Morgan fingerprint density at radius 3 is 2.48 bits per heavy atom. The smallest absolute Gasteiger partial charge is 0.276 e. The number of anilines is 3. The van der Waals surface area contributed by atoms with Gasteiger partial charge in [-0.3, -0.25) is 4.79 Å². The first-order valence-corrected chi connectivity index (χ1v) is 7.70. The minimum absolute atomic E-state index is 0.186. The van der Waals surface area contributed by atoms with Gasteiger partial charge in [0.2, 0.25) is 0 Å². The zero-order valence-electron chi connectivity index (χ0n) is 12.9. The molecule has 3 rings (SSSR count). The van der Waals surface area contributed by atoms with Gasteiger partial charge in [0.05, 0.1) is 11.6 Å². The third-order valence-electron chi connectivity index (χ3n) is 3.26. The maximum atomic E-state index is 12.1. The third-order valence-corrected chi connectivity index (χ3v) is 3.52. The van der Waals surface area contributed by atoms with Crippen LogP contribution in [0.3, 0.4) is 0 Å². The van der Waals surface area contributed by atoms with Crippen molar-refractivity contribution in [2.75, 3.05) is 10.6 Å². The minimum atomic E-state index is -0.368. The van der Waals surface area contributed by atoms with Crippen molar-refractivity contribution in [1.29, 1.82) is 5.26 Å². The number of nitrogens with zero attached hydrogens (tertiary/aromatic N) is 3. The summed E-state index contributed by atoms with van der Waals surface area (Å²) in [6.07, 6.45) is 0. The van der Waals surface area contributed by atoms with Crippen LogP contribution in [-0.4, -0.2) is 16.1 Å². The van der Waals surface area contributed by atoms with Crippen LogP contribution in [-0.2, 0) is 0 Å². The summed E-state index contributed by atoms with van der Waals surface area (Å²) >= 11 is 5.81. The lowest BCUT2D eigenvalue weighted by atomic mass is 10.2. The predicted molar refractivity (Wildman–Crippen MR) is 95.9 cm³/mol. The van der Waals surface area contributed by atoms with E-state index in [4.69, 9.17) is 16.9 Å². The van der Waals surface area contributed by atoms with Crippen molar-refractivity contribution in [2.24, 2.45) is 0 Å². The Hall–Kier alpha value is -3.43. The lowest BCUT2D eigenvalue weighted by Crippen LogP contribution is -2.14. The molecule has 0 aliphatic carbocycles. The molecule has 2 N–H and O–H groups in total. The molecule has 3 aromatic rings. The van der Waals surface area contributed by atoms with E-state index in [1.54, 1.807) is 54.6 Å². The SMILES string of the molecule is N#Cc1cccc(Nc2ccc(C(=O)Nc3ccc(Cl)cc3)nn2)c1. The van der Waals surface area contributed by atoms with Crippen LogP contribution in [0, 0.1) is 11.3 Å². The van der Waals surface area contributed by atoms with E-state index >= 15 is 0 Å². The Kier molecular flexibility index (Phi) is 4.88. The number of aromatic nitrogens is 2. The molecule has 0 spiro atoms. The van der Waals surface area contributed by atoms with Gasteiger partial charge in [-0.05, 0) is 54.6 Å². The largest absolute Gasteiger partial charge is 0.339 e. The van der Waals surface area contributed by atoms with Crippen LogP contribution in [0.25, 0.3) is 0 Å². The first-order valence-electron chi connectivity index (χ1n) is 7.32. The molecule has 7 heteroatoms. The highest BCUT2D eigenvalue weighted by atomic mass is 35.5. The lowest BCUT2D eigenvalue weighted by molar-refractivity contribution is 0.102. The molecule has 0 aliphatic heterocycles. The molecule has 0 radical (unpaired) electrons. The summed E-state index contributed by atoms with van der Waals surface area (Å²) < 4.78 is 0. The van der Waals surface area contributed by atoms with Crippen molar-refractivity contribution < 1.29 is 4.79 Å². The van der Waals surface area contributed by atoms with Crippen molar-refractivity contribution in [1.82, 2.24) is 10.2 Å². The fourth-order valence-corrected chi connectivity index (χ4v) is 2.19. The number of carbonyl (C=O) groups is 1. The summed E-state index contributed by atoms with van der Waals surface area (Å²) in [7, 11) is 0.